The van der Waals surface area contributed by atoms with Gasteiger partial charge in [-0.1, -0.05) is 6.92 Å². The lowest BCUT2D eigenvalue weighted by Gasteiger charge is -2.24. The number of anilines is 3. The third-order valence-electron chi connectivity index (χ3n) is 5.55. The first kappa shape index (κ1) is 24.3. The van der Waals surface area contributed by atoms with Gasteiger partial charge < -0.3 is 24.6 Å². The van der Waals surface area contributed by atoms with Crippen LogP contribution in [0.4, 0.5) is 17.5 Å². The average molecular weight is 477 g/mol. The van der Waals surface area contributed by atoms with Crippen molar-refractivity contribution in [1.29, 1.82) is 0 Å². The number of fused-ring (bicyclic) bond motifs is 1. The summed E-state index contributed by atoms with van der Waals surface area (Å²) in [6.45, 7) is 8.23. The highest BCUT2D eigenvalue weighted by Gasteiger charge is 2.16. The number of rotatable bonds is 11. The molecule has 0 bridgehead atoms. The molecule has 35 heavy (non-hydrogen) atoms. The number of hydrogen-bond acceptors (Lipinski definition) is 9. The maximum atomic E-state index is 9.37. The van der Waals surface area contributed by atoms with Crippen molar-refractivity contribution in [2.75, 3.05) is 36.5 Å². The van der Waals surface area contributed by atoms with Gasteiger partial charge in [0, 0.05) is 49.6 Å². The van der Waals surface area contributed by atoms with E-state index in [0.717, 1.165) is 52.5 Å². The third kappa shape index (κ3) is 5.48. The van der Waals surface area contributed by atoms with E-state index in [-0.39, 0.29) is 6.61 Å². The number of aliphatic hydroxyl groups is 1. The summed E-state index contributed by atoms with van der Waals surface area (Å²) in [5.74, 6) is 2.69. The third-order valence-corrected chi connectivity index (χ3v) is 5.55. The fourth-order valence-electron chi connectivity index (χ4n) is 3.99. The van der Waals surface area contributed by atoms with Crippen molar-refractivity contribution >= 4 is 28.4 Å². The molecule has 0 aliphatic carbocycles. The molecular formula is C25H32N8O2. The van der Waals surface area contributed by atoms with Crippen molar-refractivity contribution in [2.24, 2.45) is 7.05 Å². The first-order chi connectivity index (χ1) is 17.0. The van der Waals surface area contributed by atoms with Gasteiger partial charge in [-0.05, 0) is 51.0 Å². The molecular weight excluding hydrogens is 444 g/mol. The summed E-state index contributed by atoms with van der Waals surface area (Å²) in [5.41, 5.74) is 3.33. The van der Waals surface area contributed by atoms with Crippen LogP contribution in [-0.4, -0.2) is 61.1 Å². The lowest BCUT2D eigenvalue weighted by atomic mass is 10.1. The van der Waals surface area contributed by atoms with Crippen LogP contribution in [0.15, 0.2) is 36.8 Å². The largest absolute Gasteiger partial charge is 0.492 e. The fourth-order valence-corrected chi connectivity index (χ4v) is 3.99. The number of ether oxygens (including phenoxy) is 1. The van der Waals surface area contributed by atoms with Gasteiger partial charge in [-0.15, -0.1) is 10.2 Å². The molecule has 3 heterocycles. The van der Waals surface area contributed by atoms with E-state index in [0.29, 0.717) is 31.3 Å². The Bertz CT molecular complexity index is 1290. The summed E-state index contributed by atoms with van der Waals surface area (Å²) in [5, 5.41) is 21.8. The number of aliphatic hydroxyl groups excluding tert-OH is 1. The molecule has 1 aromatic carbocycles. The smallest absolute Gasteiger partial charge is 0.227 e. The van der Waals surface area contributed by atoms with Gasteiger partial charge in [-0.25, -0.2) is 15.0 Å². The maximum Gasteiger partial charge on any atom is 0.227 e. The second-order valence-corrected chi connectivity index (χ2v) is 8.32. The Morgan fingerprint density at radius 1 is 1.14 bits per heavy atom. The van der Waals surface area contributed by atoms with Gasteiger partial charge >= 0.3 is 0 Å². The van der Waals surface area contributed by atoms with Gasteiger partial charge in [0.1, 0.15) is 17.6 Å². The highest BCUT2D eigenvalue weighted by Crippen LogP contribution is 2.32. The van der Waals surface area contributed by atoms with Crippen molar-refractivity contribution in [3.63, 3.8) is 0 Å². The Hall–Kier alpha value is -3.79. The number of hydrogen-bond donors (Lipinski definition) is 2. The molecule has 4 aromatic rings. The molecule has 0 radical (unpaired) electrons. The zero-order valence-electron chi connectivity index (χ0n) is 20.7. The zero-order chi connectivity index (χ0) is 24.8. The number of benzene rings is 1. The number of aryl methyl sites for hydroxylation is 2. The van der Waals surface area contributed by atoms with E-state index in [1.54, 1.807) is 6.33 Å². The Morgan fingerprint density at radius 2 is 2.00 bits per heavy atom. The molecule has 0 unspecified atom stereocenters. The maximum absolute atomic E-state index is 9.37. The number of aromatic nitrogens is 6. The van der Waals surface area contributed by atoms with E-state index in [2.05, 4.69) is 32.3 Å². The van der Waals surface area contributed by atoms with Crippen molar-refractivity contribution < 1.29 is 9.84 Å². The van der Waals surface area contributed by atoms with Crippen molar-refractivity contribution in [3.05, 3.63) is 42.5 Å². The van der Waals surface area contributed by atoms with Gasteiger partial charge in [0.25, 0.3) is 0 Å². The Labute approximate surface area is 205 Å². The van der Waals surface area contributed by atoms with E-state index < -0.39 is 0 Å². The highest BCUT2D eigenvalue weighted by atomic mass is 16.5. The molecule has 0 atom stereocenters. The molecule has 3 aromatic heterocycles. The van der Waals surface area contributed by atoms with Gasteiger partial charge in [-0.3, -0.25) is 0 Å². The summed E-state index contributed by atoms with van der Waals surface area (Å²) in [7, 11) is 1.90. The molecule has 0 fully saturated rings. The van der Waals surface area contributed by atoms with Crippen LogP contribution in [0.3, 0.4) is 0 Å². The topological polar surface area (TPSA) is 114 Å². The molecule has 4 rings (SSSR count). The summed E-state index contributed by atoms with van der Waals surface area (Å²) >= 11 is 0. The number of nitrogens with zero attached hydrogens (tertiary/aromatic N) is 7. The molecule has 0 aliphatic heterocycles. The predicted octanol–water partition coefficient (Wildman–Crippen LogP) is 3.87. The second kappa shape index (κ2) is 11.1. The summed E-state index contributed by atoms with van der Waals surface area (Å²) in [6, 6.07) is 7.82. The quantitative estimate of drug-likeness (QED) is 0.333. The van der Waals surface area contributed by atoms with Crippen molar-refractivity contribution in [1.82, 2.24) is 29.7 Å². The molecule has 184 valence electrons. The van der Waals surface area contributed by atoms with Crippen LogP contribution in [0.2, 0.25) is 0 Å². The van der Waals surface area contributed by atoms with Crippen molar-refractivity contribution in [2.45, 2.75) is 33.6 Å². The SMILES string of the molecule is CCCN(CCCO)c1nc(C)cc2cnc(Nc3ccc(-c4nncn4C)cc3OCC)nc12. The monoisotopic (exact) mass is 476 g/mol. The van der Waals surface area contributed by atoms with Gasteiger partial charge in [0.15, 0.2) is 11.6 Å². The van der Waals surface area contributed by atoms with Crippen LogP contribution in [0.5, 0.6) is 5.75 Å². The van der Waals surface area contributed by atoms with E-state index in [1.807, 2.05) is 55.9 Å². The highest BCUT2D eigenvalue weighted by molar-refractivity contribution is 5.89. The van der Waals surface area contributed by atoms with Crippen molar-refractivity contribution in [3.8, 4) is 17.1 Å². The van der Waals surface area contributed by atoms with E-state index >= 15 is 0 Å². The standard InChI is InChI=1S/C25H32N8O2/c1-5-10-33(11-7-12-34)24-22-19(13-17(3)28-24)15-26-25(30-22)29-20-9-8-18(14-21(20)35-6-2)23-31-27-16-32(23)4/h8-9,13-16,34H,5-7,10-12H2,1-4H3,(H,26,29,30). The fraction of sp³-hybridized carbons (Fsp3) is 0.400. The van der Waals surface area contributed by atoms with E-state index in [4.69, 9.17) is 14.7 Å². The minimum absolute atomic E-state index is 0.135. The molecule has 0 saturated carbocycles. The normalized spacial score (nSPS) is 11.1. The first-order valence-corrected chi connectivity index (χ1v) is 11.9. The average Bonchev–Trinajstić information content (AvgIpc) is 3.28. The number of nitrogens with one attached hydrogen (secondary N) is 1. The Balaban J connectivity index is 1.71. The summed E-state index contributed by atoms with van der Waals surface area (Å²) in [6.07, 6.45) is 5.12. The second-order valence-electron chi connectivity index (χ2n) is 8.32. The van der Waals surface area contributed by atoms with Crippen LogP contribution in [0.25, 0.3) is 22.3 Å². The van der Waals surface area contributed by atoms with Gasteiger partial charge in [-0.2, -0.15) is 0 Å². The van der Waals surface area contributed by atoms with Crippen LogP contribution in [0.1, 0.15) is 32.4 Å². The predicted molar refractivity (Wildman–Crippen MR) is 137 cm³/mol. The molecule has 2 N–H and O–H groups in total. The number of pyridine rings is 1. The van der Waals surface area contributed by atoms with Crippen LogP contribution in [-0.2, 0) is 7.05 Å². The van der Waals surface area contributed by atoms with Crippen LogP contribution >= 0.6 is 0 Å². The Morgan fingerprint density at radius 3 is 2.71 bits per heavy atom. The Kier molecular flexibility index (Phi) is 7.71. The lowest BCUT2D eigenvalue weighted by molar-refractivity contribution is 0.289. The zero-order valence-corrected chi connectivity index (χ0v) is 20.7. The molecule has 0 aliphatic rings. The molecule has 10 nitrogen and oxygen atoms in total. The van der Waals surface area contributed by atoms with Gasteiger partial charge in [0.05, 0.1) is 12.3 Å². The van der Waals surface area contributed by atoms with Gasteiger partial charge in [0.2, 0.25) is 5.95 Å². The van der Waals surface area contributed by atoms with Crippen LogP contribution < -0.4 is 15.0 Å². The van der Waals surface area contributed by atoms with Crippen LogP contribution in [0, 0.1) is 6.92 Å². The van der Waals surface area contributed by atoms with E-state index in [9.17, 15) is 5.11 Å². The van der Waals surface area contributed by atoms with E-state index in [1.165, 1.54) is 0 Å². The first-order valence-electron chi connectivity index (χ1n) is 11.9. The molecule has 10 heteroatoms. The lowest BCUT2D eigenvalue weighted by Crippen LogP contribution is -2.27. The summed E-state index contributed by atoms with van der Waals surface area (Å²) in [4.78, 5) is 16.4. The minimum atomic E-state index is 0.135. The minimum Gasteiger partial charge on any atom is -0.492 e. The summed E-state index contributed by atoms with van der Waals surface area (Å²) < 4.78 is 7.77. The molecule has 0 amide bonds. The molecule has 0 spiro atoms. The molecule has 0 saturated heterocycles.